The quantitative estimate of drug-likeness (QED) is 0.692. The van der Waals surface area contributed by atoms with Gasteiger partial charge in [-0.1, -0.05) is 0 Å². The second-order valence-corrected chi connectivity index (χ2v) is 5.67. The van der Waals surface area contributed by atoms with Crippen LogP contribution in [0.5, 0.6) is 0 Å². The molecule has 128 valence electrons. The van der Waals surface area contributed by atoms with Crippen LogP contribution >= 0.6 is 0 Å². The van der Waals surface area contributed by atoms with Gasteiger partial charge in [-0.05, 0) is 32.0 Å². The molecule has 3 aromatic rings. The fourth-order valence-electron chi connectivity index (χ4n) is 2.76. The molecule has 0 bridgehead atoms. The number of aliphatic hydroxyl groups is 1. The average Bonchev–Trinajstić information content (AvgIpc) is 3.07. The molecule has 0 saturated heterocycles. The fourth-order valence-corrected chi connectivity index (χ4v) is 2.76. The monoisotopic (exact) mass is 330 g/mol. The van der Waals surface area contributed by atoms with Gasteiger partial charge in [0.15, 0.2) is 5.58 Å². The van der Waals surface area contributed by atoms with Crippen molar-refractivity contribution in [3.63, 3.8) is 0 Å². The normalized spacial score (nSPS) is 11.3. The predicted octanol–water partition coefficient (Wildman–Crippen LogP) is 2.39. The number of hydrogen-bond donors (Lipinski definition) is 2. The molecule has 0 fully saturated rings. The van der Waals surface area contributed by atoms with Gasteiger partial charge in [-0.25, -0.2) is 4.98 Å². The maximum Gasteiger partial charge on any atom is 0.221 e. The lowest BCUT2D eigenvalue weighted by atomic mass is 10.2. The first kappa shape index (κ1) is 16.5. The second kappa shape index (κ2) is 7.02. The number of aryl methyl sites for hydroxylation is 1. The van der Waals surface area contributed by atoms with Crippen molar-refractivity contribution in [2.45, 2.75) is 33.5 Å². The van der Waals surface area contributed by atoms with E-state index in [1.807, 2.05) is 36.7 Å². The van der Waals surface area contributed by atoms with Crippen LogP contribution in [-0.4, -0.2) is 33.6 Å². The van der Waals surface area contributed by atoms with Crippen molar-refractivity contribution in [2.24, 2.45) is 0 Å². The molecule has 2 N–H and O–H groups in total. The highest BCUT2D eigenvalue weighted by atomic mass is 16.5. The molecule has 3 rings (SSSR count). The summed E-state index contributed by atoms with van der Waals surface area (Å²) in [4.78, 5) is 4.41. The highest BCUT2D eigenvalue weighted by Crippen LogP contribution is 2.22. The number of hydrogen-bond acceptors (Lipinski definition) is 6. The number of benzene rings is 1. The Morgan fingerprint density at radius 2 is 2.17 bits per heavy atom. The van der Waals surface area contributed by atoms with E-state index in [4.69, 9.17) is 14.3 Å². The van der Waals surface area contributed by atoms with Crippen molar-refractivity contribution in [3.05, 3.63) is 41.0 Å². The first-order valence-electron chi connectivity index (χ1n) is 7.88. The third kappa shape index (κ3) is 3.27. The number of aliphatic hydroxyl groups excluding tert-OH is 1. The Labute approximate surface area is 140 Å². The molecule has 0 amide bonds. The van der Waals surface area contributed by atoms with Crippen LogP contribution in [0.4, 0.5) is 5.69 Å². The molecule has 0 spiro atoms. The first-order chi connectivity index (χ1) is 11.6. The van der Waals surface area contributed by atoms with E-state index in [-0.39, 0.29) is 6.61 Å². The van der Waals surface area contributed by atoms with Gasteiger partial charge in [0, 0.05) is 30.6 Å². The second-order valence-electron chi connectivity index (χ2n) is 5.67. The lowest BCUT2D eigenvalue weighted by Gasteiger charge is -2.07. The summed E-state index contributed by atoms with van der Waals surface area (Å²) >= 11 is 0. The number of rotatable bonds is 7. The molecule has 0 aliphatic rings. The van der Waals surface area contributed by atoms with E-state index in [2.05, 4.69) is 15.4 Å². The Morgan fingerprint density at radius 3 is 2.92 bits per heavy atom. The van der Waals surface area contributed by atoms with E-state index in [1.54, 1.807) is 7.11 Å². The molecule has 0 radical (unpaired) electrons. The number of ether oxygens (including phenoxy) is 1. The molecule has 0 aliphatic heterocycles. The van der Waals surface area contributed by atoms with Gasteiger partial charge in [0.2, 0.25) is 5.89 Å². The minimum absolute atomic E-state index is 0.0848. The van der Waals surface area contributed by atoms with Crippen LogP contribution in [-0.2, 0) is 24.4 Å². The van der Waals surface area contributed by atoms with E-state index in [1.165, 1.54) is 0 Å². The zero-order valence-electron chi connectivity index (χ0n) is 14.2. The zero-order valence-corrected chi connectivity index (χ0v) is 14.2. The maximum atomic E-state index is 9.09. The van der Waals surface area contributed by atoms with Crippen molar-refractivity contribution in [1.29, 1.82) is 0 Å². The summed E-state index contributed by atoms with van der Waals surface area (Å²) < 4.78 is 12.5. The predicted molar refractivity (Wildman–Crippen MR) is 90.8 cm³/mol. The summed E-state index contributed by atoms with van der Waals surface area (Å²) in [6.45, 7) is 5.62. The van der Waals surface area contributed by atoms with Crippen LogP contribution in [0.25, 0.3) is 11.1 Å². The van der Waals surface area contributed by atoms with E-state index in [9.17, 15) is 0 Å². The van der Waals surface area contributed by atoms with E-state index in [0.29, 0.717) is 25.6 Å². The van der Waals surface area contributed by atoms with Crippen LogP contribution in [0.3, 0.4) is 0 Å². The number of nitrogens with one attached hydrogen (secondary N) is 1. The Hall–Kier alpha value is -2.38. The van der Waals surface area contributed by atoms with E-state index in [0.717, 1.165) is 33.7 Å². The third-order valence-electron chi connectivity index (χ3n) is 4.01. The Balaban J connectivity index is 1.76. The maximum absolute atomic E-state index is 9.09. The van der Waals surface area contributed by atoms with Crippen LogP contribution < -0.4 is 5.32 Å². The minimum atomic E-state index is 0.0848. The smallest absolute Gasteiger partial charge is 0.221 e. The molecule has 7 heteroatoms. The zero-order chi connectivity index (χ0) is 17.1. The molecule has 1 aromatic carbocycles. The molecule has 0 atom stereocenters. The van der Waals surface area contributed by atoms with Crippen LogP contribution in [0.15, 0.2) is 22.6 Å². The summed E-state index contributed by atoms with van der Waals surface area (Å²) in [6.07, 6.45) is 0. The summed E-state index contributed by atoms with van der Waals surface area (Å²) in [5, 5.41) is 17.0. The average molecular weight is 330 g/mol. The number of methoxy groups -OCH3 is 1. The van der Waals surface area contributed by atoms with Crippen LogP contribution in [0, 0.1) is 13.8 Å². The van der Waals surface area contributed by atoms with Gasteiger partial charge in [-0.15, -0.1) is 0 Å². The van der Waals surface area contributed by atoms with Crippen molar-refractivity contribution in [3.8, 4) is 0 Å². The van der Waals surface area contributed by atoms with Gasteiger partial charge in [-0.3, -0.25) is 4.68 Å². The lowest BCUT2D eigenvalue weighted by molar-refractivity contribution is 0.161. The molecular weight excluding hydrogens is 308 g/mol. The number of aromatic nitrogens is 3. The SMILES string of the molecule is COCc1nc2cc(NCc3c(C)nn(CCO)c3C)ccc2o1. The van der Waals surface area contributed by atoms with Gasteiger partial charge < -0.3 is 19.6 Å². The molecule has 2 heterocycles. The molecule has 0 unspecified atom stereocenters. The standard InChI is InChI=1S/C17H22N4O3/c1-11-14(12(2)21(20-11)6-7-22)9-18-13-4-5-16-15(8-13)19-17(24-16)10-23-3/h4-5,8,18,22H,6-7,9-10H2,1-3H3. The van der Waals surface area contributed by atoms with Crippen LogP contribution in [0.1, 0.15) is 22.8 Å². The molecule has 2 aromatic heterocycles. The lowest BCUT2D eigenvalue weighted by Crippen LogP contribution is -2.07. The Kier molecular flexibility index (Phi) is 4.82. The van der Waals surface area contributed by atoms with Gasteiger partial charge in [0.1, 0.15) is 12.1 Å². The molecule has 7 nitrogen and oxygen atoms in total. The van der Waals surface area contributed by atoms with Crippen molar-refractivity contribution in [2.75, 3.05) is 19.0 Å². The van der Waals surface area contributed by atoms with Gasteiger partial charge >= 0.3 is 0 Å². The largest absolute Gasteiger partial charge is 0.438 e. The van der Waals surface area contributed by atoms with Crippen molar-refractivity contribution >= 4 is 16.8 Å². The summed E-state index contributed by atoms with van der Waals surface area (Å²) in [6, 6.07) is 5.83. The van der Waals surface area contributed by atoms with E-state index >= 15 is 0 Å². The summed E-state index contributed by atoms with van der Waals surface area (Å²) in [5.41, 5.74) is 5.70. The van der Waals surface area contributed by atoms with Crippen LogP contribution in [0.2, 0.25) is 0 Å². The molecule has 0 aliphatic carbocycles. The Morgan fingerprint density at radius 1 is 1.33 bits per heavy atom. The molecule has 0 saturated carbocycles. The van der Waals surface area contributed by atoms with Crippen molar-refractivity contribution < 1.29 is 14.3 Å². The number of nitrogens with zero attached hydrogens (tertiary/aromatic N) is 3. The number of anilines is 1. The number of oxazole rings is 1. The van der Waals surface area contributed by atoms with Gasteiger partial charge in [0.25, 0.3) is 0 Å². The summed E-state index contributed by atoms with van der Waals surface area (Å²) in [7, 11) is 1.61. The number of fused-ring (bicyclic) bond motifs is 1. The highest BCUT2D eigenvalue weighted by Gasteiger charge is 2.11. The summed E-state index contributed by atoms with van der Waals surface area (Å²) in [5.74, 6) is 0.571. The van der Waals surface area contributed by atoms with E-state index < -0.39 is 0 Å². The third-order valence-corrected chi connectivity index (χ3v) is 4.01. The topological polar surface area (TPSA) is 85.3 Å². The van der Waals surface area contributed by atoms with Crippen molar-refractivity contribution in [1.82, 2.24) is 14.8 Å². The molecular formula is C17H22N4O3. The molecule has 24 heavy (non-hydrogen) atoms. The first-order valence-corrected chi connectivity index (χ1v) is 7.88. The minimum Gasteiger partial charge on any atom is -0.438 e. The highest BCUT2D eigenvalue weighted by molar-refractivity contribution is 5.77. The van der Waals surface area contributed by atoms with Gasteiger partial charge in [-0.2, -0.15) is 5.10 Å². The van der Waals surface area contributed by atoms with Gasteiger partial charge in [0.05, 0.1) is 18.8 Å². The Bertz CT molecular complexity index is 838. The fraction of sp³-hybridized carbons (Fsp3) is 0.412.